The van der Waals surface area contributed by atoms with E-state index in [0.29, 0.717) is 10.7 Å². The Morgan fingerprint density at radius 2 is 1.77 bits per heavy atom. The number of aliphatic imine (C=N–C) groups is 1. The van der Waals surface area contributed by atoms with Gasteiger partial charge in [0.05, 0.1) is 33.5 Å². The summed E-state index contributed by atoms with van der Waals surface area (Å²) in [6.07, 6.45) is -0.192. The van der Waals surface area contributed by atoms with Crippen LogP contribution in [0.1, 0.15) is 6.42 Å². The zero-order valence-electron chi connectivity index (χ0n) is 13.3. The Kier molecular flexibility index (Phi) is 6.79. The quantitative estimate of drug-likeness (QED) is 0.311. The first-order valence-corrected chi connectivity index (χ1v) is 8.24. The molecule has 0 radical (unpaired) electrons. The summed E-state index contributed by atoms with van der Waals surface area (Å²) in [6.45, 7) is 0. The minimum absolute atomic E-state index is 0.0623. The summed E-state index contributed by atoms with van der Waals surface area (Å²) in [5.74, 6) is -0.351. The van der Waals surface area contributed by atoms with Gasteiger partial charge < -0.3 is 10.1 Å². The normalized spacial score (nSPS) is 11.2. The molecule has 1 N–H and O–H groups in total. The third-order valence-electron chi connectivity index (χ3n) is 3.13. The number of carbonyl (C=O) groups excluding carboxylic acids is 1. The Bertz CT molecular complexity index is 847. The van der Waals surface area contributed by atoms with Gasteiger partial charge in [0.2, 0.25) is 5.91 Å². The number of ether oxygens (including phenoxy) is 1. The molecular formula is C16H12Cl3N3O4. The number of nitrogens with one attached hydrogen (secondary N) is 1. The number of hydrogen-bond donors (Lipinski definition) is 1. The van der Waals surface area contributed by atoms with Crippen LogP contribution in [0.3, 0.4) is 0 Å². The lowest BCUT2D eigenvalue weighted by atomic mass is 10.3. The molecule has 1 amide bonds. The number of nitrogens with zero attached hydrogens (tertiary/aromatic N) is 2. The summed E-state index contributed by atoms with van der Waals surface area (Å²) >= 11 is 17.9. The lowest BCUT2D eigenvalue weighted by Crippen LogP contribution is -2.18. The first-order chi connectivity index (χ1) is 12.3. The van der Waals surface area contributed by atoms with Crippen molar-refractivity contribution in [1.82, 2.24) is 0 Å². The molecule has 2 rings (SSSR count). The number of rotatable bonds is 5. The van der Waals surface area contributed by atoms with Crippen LogP contribution in [-0.2, 0) is 9.53 Å². The zero-order chi connectivity index (χ0) is 19.3. The Morgan fingerprint density at radius 1 is 1.19 bits per heavy atom. The molecule has 0 spiro atoms. The van der Waals surface area contributed by atoms with E-state index in [2.05, 4.69) is 10.3 Å². The summed E-state index contributed by atoms with van der Waals surface area (Å²) < 4.78 is 5.09. The average molecular weight is 417 g/mol. The minimum atomic E-state index is -0.516. The highest BCUT2D eigenvalue weighted by Crippen LogP contribution is 2.33. The second-order valence-corrected chi connectivity index (χ2v) is 6.20. The largest absolute Gasteiger partial charge is 0.484 e. The van der Waals surface area contributed by atoms with Crippen molar-refractivity contribution < 1.29 is 14.5 Å². The second-order valence-electron chi connectivity index (χ2n) is 4.95. The molecule has 26 heavy (non-hydrogen) atoms. The van der Waals surface area contributed by atoms with Crippen LogP contribution >= 0.6 is 34.8 Å². The maximum Gasteiger partial charge on any atom is 0.269 e. The van der Waals surface area contributed by atoms with Crippen LogP contribution in [0.2, 0.25) is 15.1 Å². The van der Waals surface area contributed by atoms with E-state index in [1.165, 1.54) is 43.5 Å². The molecule has 0 heterocycles. The van der Waals surface area contributed by atoms with E-state index in [-0.39, 0.29) is 33.7 Å². The van der Waals surface area contributed by atoms with Crippen LogP contribution < -0.4 is 5.32 Å². The maximum absolute atomic E-state index is 12.2. The highest BCUT2D eigenvalue weighted by Gasteiger charge is 2.14. The van der Waals surface area contributed by atoms with Gasteiger partial charge in [0.25, 0.3) is 5.69 Å². The molecule has 0 saturated carbocycles. The molecule has 0 aliphatic rings. The molecule has 0 unspecified atom stereocenters. The smallest absolute Gasteiger partial charge is 0.269 e. The number of anilines is 1. The van der Waals surface area contributed by atoms with E-state index in [1.807, 2.05) is 0 Å². The monoisotopic (exact) mass is 415 g/mol. The molecule has 0 atom stereocenters. The van der Waals surface area contributed by atoms with Crippen molar-refractivity contribution in [2.75, 3.05) is 12.4 Å². The van der Waals surface area contributed by atoms with E-state index < -0.39 is 10.8 Å². The standard InChI is InChI=1S/C16H12Cl3N3O4/c1-26-15(20-10-2-4-11(5-3-10)22(24)25)8-14(23)21-16-12(18)6-9(17)7-13(16)19/h2-7H,8H2,1H3,(H,21,23). The van der Waals surface area contributed by atoms with Crippen molar-refractivity contribution in [3.63, 3.8) is 0 Å². The predicted octanol–water partition coefficient (Wildman–Crippen LogP) is 5.26. The van der Waals surface area contributed by atoms with Gasteiger partial charge in [-0.05, 0) is 24.3 Å². The first-order valence-electron chi connectivity index (χ1n) is 7.10. The van der Waals surface area contributed by atoms with Crippen LogP contribution in [-0.4, -0.2) is 23.8 Å². The molecule has 0 fully saturated rings. The molecule has 7 nitrogen and oxygen atoms in total. The average Bonchev–Trinajstić information content (AvgIpc) is 2.58. The molecular weight excluding hydrogens is 405 g/mol. The van der Waals surface area contributed by atoms with E-state index in [1.54, 1.807) is 0 Å². The number of nitro benzene ring substituents is 1. The van der Waals surface area contributed by atoms with Gasteiger partial charge in [-0.2, -0.15) is 0 Å². The summed E-state index contributed by atoms with van der Waals surface area (Å²) in [7, 11) is 1.36. The van der Waals surface area contributed by atoms with Crippen molar-refractivity contribution in [2.24, 2.45) is 4.99 Å². The van der Waals surface area contributed by atoms with Gasteiger partial charge in [0, 0.05) is 17.2 Å². The Balaban J connectivity index is 2.12. The van der Waals surface area contributed by atoms with E-state index >= 15 is 0 Å². The van der Waals surface area contributed by atoms with Crippen molar-refractivity contribution in [1.29, 1.82) is 0 Å². The maximum atomic E-state index is 12.2. The van der Waals surface area contributed by atoms with Crippen LogP contribution in [0.4, 0.5) is 17.1 Å². The third kappa shape index (κ3) is 5.32. The number of amides is 1. The van der Waals surface area contributed by atoms with Crippen LogP contribution in [0.15, 0.2) is 41.4 Å². The van der Waals surface area contributed by atoms with Crippen molar-refractivity contribution in [3.05, 3.63) is 61.6 Å². The lowest BCUT2D eigenvalue weighted by molar-refractivity contribution is -0.384. The number of nitro groups is 1. The SMILES string of the molecule is COC(CC(=O)Nc1c(Cl)cc(Cl)cc1Cl)=Nc1ccc([N+](=O)[O-])cc1. The fourth-order valence-corrected chi connectivity index (χ4v) is 2.84. The molecule has 136 valence electrons. The van der Waals surface area contributed by atoms with Gasteiger partial charge >= 0.3 is 0 Å². The number of halogens is 3. The van der Waals surface area contributed by atoms with Gasteiger partial charge in [0.15, 0.2) is 5.90 Å². The number of carbonyl (C=O) groups is 1. The Labute approximate surface area is 163 Å². The van der Waals surface area contributed by atoms with Gasteiger partial charge in [-0.3, -0.25) is 14.9 Å². The summed E-state index contributed by atoms with van der Waals surface area (Å²) in [5.41, 5.74) is 0.573. The topological polar surface area (TPSA) is 93.8 Å². The molecule has 2 aromatic carbocycles. The highest BCUT2D eigenvalue weighted by atomic mass is 35.5. The van der Waals surface area contributed by atoms with E-state index in [9.17, 15) is 14.9 Å². The fourth-order valence-electron chi connectivity index (χ4n) is 1.93. The van der Waals surface area contributed by atoms with Crippen LogP contribution in [0, 0.1) is 10.1 Å². The zero-order valence-corrected chi connectivity index (χ0v) is 15.6. The Morgan fingerprint density at radius 3 is 2.27 bits per heavy atom. The lowest BCUT2D eigenvalue weighted by Gasteiger charge is -2.10. The second kappa shape index (κ2) is 8.84. The summed E-state index contributed by atoms with van der Waals surface area (Å²) in [4.78, 5) is 26.5. The number of non-ortho nitro benzene ring substituents is 1. The van der Waals surface area contributed by atoms with Gasteiger partial charge in [-0.25, -0.2) is 4.99 Å². The Hall–Kier alpha value is -2.35. The third-order valence-corrected chi connectivity index (χ3v) is 3.95. The summed E-state index contributed by atoms with van der Waals surface area (Å²) in [6, 6.07) is 8.41. The summed E-state index contributed by atoms with van der Waals surface area (Å²) in [5, 5.41) is 14.0. The fraction of sp³-hybridized carbons (Fsp3) is 0.125. The van der Waals surface area contributed by atoms with Crippen molar-refractivity contribution >= 4 is 63.7 Å². The molecule has 0 saturated heterocycles. The molecule has 0 aromatic heterocycles. The van der Waals surface area contributed by atoms with Gasteiger partial charge in [0.1, 0.15) is 6.42 Å². The van der Waals surface area contributed by atoms with E-state index in [0.717, 1.165) is 0 Å². The first kappa shape index (κ1) is 20.0. The molecule has 0 aliphatic heterocycles. The number of methoxy groups -OCH3 is 1. The van der Waals surface area contributed by atoms with Crippen LogP contribution in [0.25, 0.3) is 0 Å². The van der Waals surface area contributed by atoms with Gasteiger partial charge in [-0.15, -0.1) is 0 Å². The molecule has 10 heteroatoms. The minimum Gasteiger partial charge on any atom is -0.484 e. The van der Waals surface area contributed by atoms with Crippen molar-refractivity contribution in [3.8, 4) is 0 Å². The van der Waals surface area contributed by atoms with E-state index in [4.69, 9.17) is 39.5 Å². The predicted molar refractivity (Wildman–Crippen MR) is 102 cm³/mol. The molecule has 0 aliphatic carbocycles. The number of hydrogen-bond acceptors (Lipinski definition) is 5. The van der Waals surface area contributed by atoms with Crippen molar-refractivity contribution in [2.45, 2.75) is 6.42 Å². The van der Waals surface area contributed by atoms with Crippen LogP contribution in [0.5, 0.6) is 0 Å². The molecule has 0 bridgehead atoms. The number of benzene rings is 2. The highest BCUT2D eigenvalue weighted by molar-refractivity contribution is 6.42. The molecule has 2 aromatic rings. The van der Waals surface area contributed by atoms with Gasteiger partial charge in [-0.1, -0.05) is 34.8 Å².